The molecule has 0 aromatic rings. The summed E-state index contributed by atoms with van der Waals surface area (Å²) < 4.78 is 14.5. The van der Waals surface area contributed by atoms with Crippen LogP contribution in [-0.2, 0) is 13.3 Å². The Labute approximate surface area is 86.1 Å². The van der Waals surface area contributed by atoms with Crippen LogP contribution in [0.4, 0.5) is 0 Å². The minimum atomic E-state index is -0.188. The van der Waals surface area contributed by atoms with E-state index < -0.39 is 0 Å². The fraction of sp³-hybridized carbons (Fsp3) is 1.00. The van der Waals surface area contributed by atoms with Crippen LogP contribution >= 0.6 is 0 Å². The zero-order chi connectivity index (χ0) is 6.41. The van der Waals surface area contributed by atoms with Gasteiger partial charge in [-0.3, -0.25) is 0 Å². The van der Waals surface area contributed by atoms with E-state index in [0.717, 1.165) is 16.6 Å². The molecule has 0 bridgehead atoms. The molecule has 0 unspecified atom stereocenters. The molecule has 0 heterocycles. The van der Waals surface area contributed by atoms with Crippen molar-refractivity contribution in [2.75, 3.05) is 20.8 Å². The average Bonchev–Trinajstić information content (AvgIpc) is 1.83. The van der Waals surface area contributed by atoms with Gasteiger partial charge in [-0.1, -0.05) is 0 Å². The third-order valence-corrected chi connectivity index (χ3v) is 1.16. The van der Waals surface area contributed by atoms with Crippen molar-refractivity contribution in [1.82, 2.24) is 0 Å². The predicted molar refractivity (Wildman–Crippen MR) is 38.1 cm³/mol. The fourth-order valence-corrected chi connectivity index (χ4v) is 0.641. The molecular weight excluding hydrogens is 146 g/mol. The number of methoxy groups -OCH3 is 2. The smallest absolute Gasteiger partial charge is 0.410 e. The summed E-state index contributed by atoms with van der Waals surface area (Å²) in [4.78, 5) is 0. The zero-order valence-electron chi connectivity index (χ0n) is 6.51. The van der Waals surface area contributed by atoms with Crippen LogP contribution in [-0.4, -0.2) is 73.3 Å². The van der Waals surface area contributed by atoms with E-state index >= 15 is 0 Å². The molecule has 0 aliphatic rings. The van der Waals surface area contributed by atoms with E-state index in [0.29, 0.717) is 6.61 Å². The Kier molecular flexibility index (Phi) is 13.6. The Morgan fingerprint density at radius 2 is 1.78 bits per heavy atom. The van der Waals surface area contributed by atoms with E-state index in [1.165, 1.54) is 0 Å². The van der Waals surface area contributed by atoms with Gasteiger partial charge in [0.2, 0.25) is 0 Å². The second-order valence-electron chi connectivity index (χ2n) is 1.36. The normalized spacial score (nSPS) is 9.22. The zero-order valence-corrected chi connectivity index (χ0v) is 10.5. The molecule has 0 rings (SSSR count). The molecule has 0 saturated heterocycles. The van der Waals surface area contributed by atoms with Crippen LogP contribution in [0, 0.1) is 0 Å². The molecule has 49 valence electrons. The molecule has 3 nitrogen and oxygen atoms in total. The molecule has 0 saturated carbocycles. The average molecular weight is 157 g/mol. The van der Waals surface area contributed by atoms with Gasteiger partial charge in [-0.15, -0.1) is 0 Å². The maximum absolute atomic E-state index is 4.87. The van der Waals surface area contributed by atoms with E-state index in [4.69, 9.17) is 13.3 Å². The van der Waals surface area contributed by atoms with Gasteiger partial charge in [0, 0.05) is 43.8 Å². The van der Waals surface area contributed by atoms with Crippen LogP contribution in [0.15, 0.2) is 0 Å². The van der Waals surface area contributed by atoms with Crippen molar-refractivity contribution in [3.8, 4) is 0 Å². The summed E-state index contributed by atoms with van der Waals surface area (Å²) in [5.41, 5.74) is 0. The first-order valence-corrected chi connectivity index (χ1v) is 3.21. The number of hydrogen-bond donors (Lipinski definition) is 0. The molecule has 0 N–H and O–H groups in total. The number of hydrogen-bond acceptors (Lipinski definition) is 3. The van der Waals surface area contributed by atoms with E-state index in [1.54, 1.807) is 14.2 Å². The van der Waals surface area contributed by atoms with Crippen molar-refractivity contribution in [3.05, 3.63) is 0 Å². The quantitative estimate of drug-likeness (QED) is 0.378. The molecular formula is C4H11AlNaO3. The summed E-state index contributed by atoms with van der Waals surface area (Å²) >= 11 is 0.736. The first-order chi connectivity index (χ1) is 3.85. The molecule has 0 aromatic heterocycles. The van der Waals surface area contributed by atoms with E-state index in [-0.39, 0.29) is 35.8 Å². The monoisotopic (exact) mass is 157 g/mol. The summed E-state index contributed by atoms with van der Waals surface area (Å²) in [6.07, 6.45) is -0.188. The summed E-state index contributed by atoms with van der Waals surface area (Å²) in [6.45, 7) is 0.541. The first-order valence-electron chi connectivity index (χ1n) is 2.39. The SMILES string of the molecule is COC(C[O][AlH2])OC.[Na]. The summed E-state index contributed by atoms with van der Waals surface area (Å²) in [7, 11) is 3.18. The summed E-state index contributed by atoms with van der Waals surface area (Å²) in [6, 6.07) is 0. The minimum Gasteiger partial charge on any atom is -0.502 e. The van der Waals surface area contributed by atoms with Crippen molar-refractivity contribution < 1.29 is 13.3 Å². The summed E-state index contributed by atoms with van der Waals surface area (Å²) in [5.74, 6) is 0. The molecule has 0 fully saturated rings. The van der Waals surface area contributed by atoms with Crippen molar-refractivity contribution in [2.24, 2.45) is 0 Å². The molecule has 1 radical (unpaired) electrons. The Bertz CT molecular complexity index is 51.1. The van der Waals surface area contributed by atoms with E-state index in [9.17, 15) is 0 Å². The fourth-order valence-electron chi connectivity index (χ4n) is 0.368. The van der Waals surface area contributed by atoms with Crippen LogP contribution in [0.1, 0.15) is 0 Å². The van der Waals surface area contributed by atoms with Gasteiger partial charge in [-0.2, -0.15) is 0 Å². The van der Waals surface area contributed by atoms with Gasteiger partial charge < -0.3 is 13.3 Å². The van der Waals surface area contributed by atoms with Crippen molar-refractivity contribution >= 4 is 46.2 Å². The van der Waals surface area contributed by atoms with Gasteiger partial charge in [0.1, 0.15) is 0 Å². The van der Waals surface area contributed by atoms with Gasteiger partial charge in [-0.25, -0.2) is 0 Å². The Balaban J connectivity index is 0. The topological polar surface area (TPSA) is 27.7 Å². The molecule has 0 aliphatic heterocycles. The third kappa shape index (κ3) is 7.31. The maximum atomic E-state index is 4.87. The standard InChI is InChI=1S/C4H9O3.Al.Na.2H/c1-6-4(3-5)7-2;;;;/h4H,3H2,1-2H3;;;;/q-1;+1;;;. The Hall–Kier alpha value is 1.41. The number of ether oxygens (including phenoxy) is 2. The van der Waals surface area contributed by atoms with Crippen LogP contribution in [0.25, 0.3) is 0 Å². The van der Waals surface area contributed by atoms with Crippen LogP contribution < -0.4 is 0 Å². The van der Waals surface area contributed by atoms with Crippen LogP contribution in [0.2, 0.25) is 0 Å². The molecule has 5 heteroatoms. The van der Waals surface area contributed by atoms with E-state index in [1.807, 2.05) is 0 Å². The molecule has 9 heavy (non-hydrogen) atoms. The van der Waals surface area contributed by atoms with Crippen LogP contribution in [0.3, 0.4) is 0 Å². The van der Waals surface area contributed by atoms with Crippen molar-refractivity contribution in [1.29, 1.82) is 0 Å². The van der Waals surface area contributed by atoms with Crippen molar-refractivity contribution in [2.45, 2.75) is 6.29 Å². The molecule has 0 spiro atoms. The number of rotatable bonds is 4. The minimum absolute atomic E-state index is 0. The van der Waals surface area contributed by atoms with E-state index in [2.05, 4.69) is 0 Å². The third-order valence-electron chi connectivity index (χ3n) is 0.829. The van der Waals surface area contributed by atoms with Gasteiger partial charge in [0.25, 0.3) is 0 Å². The molecule has 0 aliphatic carbocycles. The predicted octanol–water partition coefficient (Wildman–Crippen LogP) is -1.21. The second kappa shape index (κ2) is 9.41. The molecule has 0 atom stereocenters. The van der Waals surface area contributed by atoms with Gasteiger partial charge in [-0.05, 0) is 0 Å². The first kappa shape index (κ1) is 13.0. The van der Waals surface area contributed by atoms with Gasteiger partial charge in [0.05, 0.1) is 6.61 Å². The van der Waals surface area contributed by atoms with Crippen LogP contribution in [0.5, 0.6) is 0 Å². The molecule has 0 amide bonds. The Morgan fingerprint density at radius 3 is 1.89 bits per heavy atom. The summed E-state index contributed by atoms with van der Waals surface area (Å²) in [5, 5.41) is 0. The maximum Gasteiger partial charge on any atom is 0.410 e. The Morgan fingerprint density at radius 1 is 1.33 bits per heavy atom. The second-order valence-corrected chi connectivity index (χ2v) is 1.93. The largest absolute Gasteiger partial charge is 0.502 e. The molecule has 0 aromatic carbocycles. The van der Waals surface area contributed by atoms with Gasteiger partial charge >= 0.3 is 16.6 Å². The van der Waals surface area contributed by atoms with Gasteiger partial charge in [0.15, 0.2) is 6.29 Å². The van der Waals surface area contributed by atoms with Crippen molar-refractivity contribution in [3.63, 3.8) is 0 Å².